The summed E-state index contributed by atoms with van der Waals surface area (Å²) in [5.41, 5.74) is 1.64. The predicted octanol–water partition coefficient (Wildman–Crippen LogP) is 2.50. The van der Waals surface area contributed by atoms with E-state index in [9.17, 15) is 9.18 Å². The van der Waals surface area contributed by atoms with E-state index in [1.165, 1.54) is 18.6 Å². The molecule has 0 unspecified atom stereocenters. The first-order chi connectivity index (χ1) is 11.2. The minimum atomic E-state index is -0.325. The van der Waals surface area contributed by atoms with Crippen LogP contribution in [-0.2, 0) is 6.54 Å². The average molecular weight is 314 g/mol. The molecule has 0 spiro atoms. The van der Waals surface area contributed by atoms with Gasteiger partial charge in [-0.25, -0.2) is 9.37 Å². The Balaban J connectivity index is 1.79. The number of fused-ring (bicyclic) bond motifs is 3. The van der Waals surface area contributed by atoms with E-state index in [0.29, 0.717) is 29.0 Å². The Hall–Kier alpha value is -2.21. The van der Waals surface area contributed by atoms with Gasteiger partial charge in [-0.3, -0.25) is 14.3 Å². The summed E-state index contributed by atoms with van der Waals surface area (Å²) in [6.07, 6.45) is 3.87. The van der Waals surface area contributed by atoms with Gasteiger partial charge in [-0.2, -0.15) is 0 Å². The number of aromatic nitrogens is 3. The number of nitrogens with zero attached hydrogens (tertiary/aromatic N) is 3. The van der Waals surface area contributed by atoms with E-state index < -0.39 is 0 Å². The summed E-state index contributed by atoms with van der Waals surface area (Å²) in [5.74, 6) is -0.325. The number of H-pyrrole nitrogens is 1. The van der Waals surface area contributed by atoms with Crippen LogP contribution in [0.2, 0.25) is 0 Å². The van der Waals surface area contributed by atoms with Crippen molar-refractivity contribution in [1.82, 2.24) is 19.4 Å². The Labute approximate surface area is 132 Å². The van der Waals surface area contributed by atoms with Crippen molar-refractivity contribution in [2.24, 2.45) is 0 Å². The van der Waals surface area contributed by atoms with Crippen LogP contribution in [0.1, 0.15) is 19.8 Å². The number of hydrogen-bond acceptors (Lipinski definition) is 3. The highest BCUT2D eigenvalue weighted by molar-refractivity contribution is 6.04. The molecule has 0 radical (unpaired) electrons. The molecule has 120 valence electrons. The van der Waals surface area contributed by atoms with Crippen molar-refractivity contribution in [1.29, 1.82) is 0 Å². The minimum absolute atomic E-state index is 0.0884. The lowest BCUT2D eigenvalue weighted by Crippen LogP contribution is -2.36. The van der Waals surface area contributed by atoms with Gasteiger partial charge in [0.1, 0.15) is 16.9 Å². The lowest BCUT2D eigenvalue weighted by molar-refractivity contribution is 0.242. The van der Waals surface area contributed by atoms with Gasteiger partial charge in [-0.15, -0.1) is 0 Å². The van der Waals surface area contributed by atoms with E-state index >= 15 is 0 Å². The molecule has 0 bridgehead atoms. The second-order valence-electron chi connectivity index (χ2n) is 6.17. The van der Waals surface area contributed by atoms with Crippen LogP contribution in [0.4, 0.5) is 4.39 Å². The summed E-state index contributed by atoms with van der Waals surface area (Å²) in [6, 6.07) is 4.83. The first-order valence-corrected chi connectivity index (χ1v) is 8.08. The number of benzene rings is 1. The molecule has 6 heteroatoms. The van der Waals surface area contributed by atoms with Crippen LogP contribution >= 0.6 is 0 Å². The van der Waals surface area contributed by atoms with Crippen LogP contribution in [0.15, 0.2) is 29.3 Å². The standard InChI is InChI=1S/C17H19FN4O/c1-2-21-7-3-4-12(21)9-22-10-19-15-13-8-11(18)5-6-14(13)20-16(15)17(22)23/h5-6,8,10,12,20H,2-4,7,9H2,1H3/t12-/m1/s1. The molecule has 1 aliphatic heterocycles. The maximum atomic E-state index is 13.4. The number of likely N-dealkylation sites (N-methyl/N-ethyl adjacent to an activating group) is 1. The zero-order valence-corrected chi connectivity index (χ0v) is 13.1. The molecule has 4 rings (SSSR count). The Morgan fingerprint density at radius 1 is 1.43 bits per heavy atom. The molecule has 0 saturated carbocycles. The molecule has 3 aromatic rings. The maximum Gasteiger partial charge on any atom is 0.277 e. The lowest BCUT2D eigenvalue weighted by Gasteiger charge is -2.23. The molecular formula is C17H19FN4O. The fourth-order valence-electron chi connectivity index (χ4n) is 3.64. The Morgan fingerprint density at radius 2 is 2.30 bits per heavy atom. The van der Waals surface area contributed by atoms with Crippen molar-refractivity contribution in [2.75, 3.05) is 13.1 Å². The van der Waals surface area contributed by atoms with Crippen molar-refractivity contribution < 1.29 is 4.39 Å². The smallest absolute Gasteiger partial charge is 0.277 e. The topological polar surface area (TPSA) is 53.9 Å². The van der Waals surface area contributed by atoms with Gasteiger partial charge < -0.3 is 4.98 Å². The van der Waals surface area contributed by atoms with Crippen LogP contribution in [0.3, 0.4) is 0 Å². The van der Waals surface area contributed by atoms with Gasteiger partial charge in [-0.05, 0) is 44.1 Å². The molecule has 1 aliphatic rings. The summed E-state index contributed by atoms with van der Waals surface area (Å²) >= 11 is 0. The van der Waals surface area contributed by atoms with Crippen molar-refractivity contribution in [3.05, 3.63) is 40.7 Å². The van der Waals surface area contributed by atoms with Crippen molar-refractivity contribution in [2.45, 2.75) is 32.4 Å². The van der Waals surface area contributed by atoms with E-state index in [1.54, 1.807) is 17.0 Å². The third-order valence-corrected chi connectivity index (χ3v) is 4.85. The van der Waals surface area contributed by atoms with Crippen LogP contribution in [-0.4, -0.2) is 38.6 Å². The van der Waals surface area contributed by atoms with Gasteiger partial charge in [0, 0.05) is 23.5 Å². The largest absolute Gasteiger partial charge is 0.349 e. The average Bonchev–Trinajstić information content (AvgIpc) is 3.14. The van der Waals surface area contributed by atoms with Crippen molar-refractivity contribution in [3.8, 4) is 0 Å². The van der Waals surface area contributed by atoms with Crippen LogP contribution in [0.25, 0.3) is 21.9 Å². The van der Waals surface area contributed by atoms with Gasteiger partial charge in [0.2, 0.25) is 0 Å². The third kappa shape index (κ3) is 2.34. The minimum Gasteiger partial charge on any atom is -0.349 e. The summed E-state index contributed by atoms with van der Waals surface area (Å²) in [7, 11) is 0. The molecule has 0 aliphatic carbocycles. The van der Waals surface area contributed by atoms with E-state index in [2.05, 4.69) is 21.8 Å². The first-order valence-electron chi connectivity index (χ1n) is 8.08. The van der Waals surface area contributed by atoms with Crippen LogP contribution in [0, 0.1) is 5.82 Å². The summed E-state index contributed by atoms with van der Waals surface area (Å²) in [6.45, 7) is 4.89. The third-order valence-electron chi connectivity index (χ3n) is 4.85. The van der Waals surface area contributed by atoms with Gasteiger partial charge in [0.15, 0.2) is 0 Å². The Kier molecular flexibility index (Phi) is 3.41. The highest BCUT2D eigenvalue weighted by Crippen LogP contribution is 2.23. The van der Waals surface area contributed by atoms with Gasteiger partial charge in [-0.1, -0.05) is 6.92 Å². The second-order valence-corrected chi connectivity index (χ2v) is 6.17. The zero-order valence-electron chi connectivity index (χ0n) is 13.1. The SMILES string of the molecule is CCN1CCC[C@@H]1Cn1cnc2c([nH]c3ccc(F)cc32)c1=O. The van der Waals surface area contributed by atoms with Gasteiger partial charge in [0.05, 0.1) is 6.33 Å². The van der Waals surface area contributed by atoms with Gasteiger partial charge >= 0.3 is 0 Å². The van der Waals surface area contributed by atoms with Gasteiger partial charge in [0.25, 0.3) is 5.56 Å². The molecule has 0 amide bonds. The fourth-order valence-corrected chi connectivity index (χ4v) is 3.64. The molecule has 1 fully saturated rings. The zero-order chi connectivity index (χ0) is 16.0. The molecule has 23 heavy (non-hydrogen) atoms. The summed E-state index contributed by atoms with van der Waals surface area (Å²) < 4.78 is 15.1. The van der Waals surface area contributed by atoms with E-state index in [0.717, 1.165) is 25.0 Å². The number of rotatable bonds is 3. The summed E-state index contributed by atoms with van der Waals surface area (Å²) in [5, 5.41) is 0.653. The molecule has 3 heterocycles. The fraction of sp³-hybridized carbons (Fsp3) is 0.412. The maximum absolute atomic E-state index is 13.4. The first kappa shape index (κ1) is 14.4. The quantitative estimate of drug-likeness (QED) is 0.808. The Bertz CT molecular complexity index is 929. The molecule has 1 atom stereocenters. The number of hydrogen-bond donors (Lipinski definition) is 1. The molecule has 5 nitrogen and oxygen atoms in total. The second kappa shape index (κ2) is 5.45. The number of nitrogens with one attached hydrogen (secondary N) is 1. The molecular weight excluding hydrogens is 295 g/mol. The van der Waals surface area contributed by atoms with Crippen molar-refractivity contribution in [3.63, 3.8) is 0 Å². The highest BCUT2D eigenvalue weighted by atomic mass is 19.1. The van der Waals surface area contributed by atoms with E-state index in [4.69, 9.17) is 0 Å². The molecule has 2 aromatic heterocycles. The summed E-state index contributed by atoms with van der Waals surface area (Å²) in [4.78, 5) is 22.6. The van der Waals surface area contributed by atoms with Crippen molar-refractivity contribution >= 4 is 21.9 Å². The molecule has 1 N–H and O–H groups in total. The van der Waals surface area contributed by atoms with E-state index in [-0.39, 0.29) is 11.4 Å². The number of likely N-dealkylation sites (tertiary alicyclic amines) is 1. The lowest BCUT2D eigenvalue weighted by atomic mass is 10.2. The van der Waals surface area contributed by atoms with E-state index in [1.807, 2.05) is 0 Å². The van der Waals surface area contributed by atoms with Crippen LogP contribution in [0.5, 0.6) is 0 Å². The highest BCUT2D eigenvalue weighted by Gasteiger charge is 2.24. The molecule has 1 saturated heterocycles. The number of halogens is 1. The molecule has 1 aromatic carbocycles. The Morgan fingerprint density at radius 3 is 3.13 bits per heavy atom. The number of aromatic amines is 1. The predicted molar refractivity (Wildman–Crippen MR) is 88.1 cm³/mol. The monoisotopic (exact) mass is 314 g/mol. The normalized spacial score (nSPS) is 19.1. The van der Waals surface area contributed by atoms with Crippen LogP contribution < -0.4 is 5.56 Å².